The Kier molecular flexibility index (Phi) is 4.31. The van der Waals surface area contributed by atoms with Gasteiger partial charge in [0.05, 0.1) is 12.0 Å². The second kappa shape index (κ2) is 6.80. The number of rotatable bonds is 4. The Hall–Kier alpha value is -3.68. The molecule has 1 N–H and O–H groups in total. The standard InChI is InChI=1S/C20H18FN5O2/c1-12-9-13(2)26(23-12)17-7-6-14(10-15(17)21)20(27)22-19-11-16(24-25(19)3)18-5-4-8-28-18/h4-11H,1-3H3,(H,22,27). The van der Waals surface area contributed by atoms with E-state index in [1.807, 2.05) is 19.9 Å². The van der Waals surface area contributed by atoms with Crippen LogP contribution in [0.5, 0.6) is 0 Å². The lowest BCUT2D eigenvalue weighted by Gasteiger charge is -2.09. The van der Waals surface area contributed by atoms with Crippen LogP contribution in [0.4, 0.5) is 10.2 Å². The van der Waals surface area contributed by atoms with Crippen LogP contribution >= 0.6 is 0 Å². The predicted octanol–water partition coefficient (Wildman–Crippen LogP) is 3.87. The average molecular weight is 379 g/mol. The molecule has 0 saturated carbocycles. The number of hydrogen-bond donors (Lipinski definition) is 1. The second-order valence-electron chi connectivity index (χ2n) is 6.47. The van der Waals surface area contributed by atoms with E-state index in [0.717, 1.165) is 11.4 Å². The highest BCUT2D eigenvalue weighted by molar-refractivity contribution is 6.04. The molecule has 8 heteroatoms. The van der Waals surface area contributed by atoms with Crippen LogP contribution in [-0.2, 0) is 7.05 Å². The molecule has 1 amide bonds. The van der Waals surface area contributed by atoms with Crippen molar-refractivity contribution < 1.29 is 13.6 Å². The highest BCUT2D eigenvalue weighted by atomic mass is 19.1. The quantitative estimate of drug-likeness (QED) is 0.584. The van der Waals surface area contributed by atoms with Crippen LogP contribution in [-0.4, -0.2) is 25.5 Å². The molecule has 0 saturated heterocycles. The maximum atomic E-state index is 14.6. The summed E-state index contributed by atoms with van der Waals surface area (Å²) < 4.78 is 23.0. The number of aromatic nitrogens is 4. The van der Waals surface area contributed by atoms with Gasteiger partial charge in [0.1, 0.15) is 23.0 Å². The number of benzene rings is 1. The van der Waals surface area contributed by atoms with Crippen LogP contribution in [0.1, 0.15) is 21.7 Å². The number of nitrogens with zero attached hydrogens (tertiary/aromatic N) is 4. The van der Waals surface area contributed by atoms with E-state index in [4.69, 9.17) is 4.42 Å². The zero-order chi connectivity index (χ0) is 19.8. The molecule has 0 atom stereocenters. The molecule has 7 nitrogen and oxygen atoms in total. The summed E-state index contributed by atoms with van der Waals surface area (Å²) in [5.74, 6) is 0.101. The topological polar surface area (TPSA) is 77.9 Å². The van der Waals surface area contributed by atoms with Gasteiger partial charge in [0.25, 0.3) is 5.91 Å². The molecule has 0 bridgehead atoms. The molecule has 0 aliphatic carbocycles. The van der Waals surface area contributed by atoms with Gasteiger partial charge in [-0.15, -0.1) is 0 Å². The third kappa shape index (κ3) is 3.20. The van der Waals surface area contributed by atoms with Gasteiger partial charge in [0, 0.05) is 24.4 Å². The lowest BCUT2D eigenvalue weighted by Crippen LogP contribution is -2.15. The van der Waals surface area contributed by atoms with Crippen LogP contribution in [0.2, 0.25) is 0 Å². The Labute approximate surface area is 160 Å². The summed E-state index contributed by atoms with van der Waals surface area (Å²) in [5.41, 5.74) is 2.69. The summed E-state index contributed by atoms with van der Waals surface area (Å²) in [6.45, 7) is 3.69. The van der Waals surface area contributed by atoms with Crippen LogP contribution in [0.15, 0.2) is 53.1 Å². The molecule has 142 valence electrons. The van der Waals surface area contributed by atoms with Crippen molar-refractivity contribution in [2.45, 2.75) is 13.8 Å². The third-order valence-corrected chi connectivity index (χ3v) is 4.34. The number of furan rings is 1. The molecule has 3 heterocycles. The van der Waals surface area contributed by atoms with Gasteiger partial charge in [-0.1, -0.05) is 0 Å². The Morgan fingerprint density at radius 3 is 2.61 bits per heavy atom. The minimum atomic E-state index is -0.528. The van der Waals surface area contributed by atoms with Crippen LogP contribution in [0.25, 0.3) is 17.1 Å². The van der Waals surface area contributed by atoms with Crippen LogP contribution < -0.4 is 5.32 Å². The number of hydrogen-bond acceptors (Lipinski definition) is 4. The lowest BCUT2D eigenvalue weighted by molar-refractivity contribution is 0.102. The molecule has 3 aromatic heterocycles. The Morgan fingerprint density at radius 1 is 1.14 bits per heavy atom. The first-order valence-electron chi connectivity index (χ1n) is 8.65. The van der Waals surface area contributed by atoms with E-state index in [0.29, 0.717) is 23.0 Å². The van der Waals surface area contributed by atoms with Crippen molar-refractivity contribution in [1.29, 1.82) is 0 Å². The minimum absolute atomic E-state index is 0.198. The maximum absolute atomic E-state index is 14.6. The van der Waals surface area contributed by atoms with E-state index < -0.39 is 11.7 Å². The van der Waals surface area contributed by atoms with Gasteiger partial charge in [-0.05, 0) is 50.2 Å². The van der Waals surface area contributed by atoms with Gasteiger partial charge in [0.2, 0.25) is 0 Å². The highest BCUT2D eigenvalue weighted by Crippen LogP contribution is 2.23. The summed E-state index contributed by atoms with van der Waals surface area (Å²) in [6.07, 6.45) is 1.55. The fourth-order valence-electron chi connectivity index (χ4n) is 3.01. The molecule has 0 aliphatic heterocycles. The van der Waals surface area contributed by atoms with Crippen LogP contribution in [0, 0.1) is 19.7 Å². The first-order valence-corrected chi connectivity index (χ1v) is 8.65. The van der Waals surface area contributed by atoms with Gasteiger partial charge in [-0.25, -0.2) is 9.07 Å². The van der Waals surface area contributed by atoms with Gasteiger partial charge in [-0.2, -0.15) is 10.2 Å². The van der Waals surface area contributed by atoms with Gasteiger partial charge in [-0.3, -0.25) is 9.48 Å². The fraction of sp³-hybridized carbons (Fsp3) is 0.150. The number of anilines is 1. The summed E-state index contributed by atoms with van der Waals surface area (Å²) in [7, 11) is 1.70. The van der Waals surface area contributed by atoms with Crippen molar-refractivity contribution in [2.24, 2.45) is 7.05 Å². The molecular weight excluding hydrogens is 361 g/mol. The van der Waals surface area contributed by atoms with Gasteiger partial charge >= 0.3 is 0 Å². The normalized spacial score (nSPS) is 11.0. The number of aryl methyl sites for hydroxylation is 3. The summed E-state index contributed by atoms with van der Waals surface area (Å²) in [4.78, 5) is 12.6. The monoisotopic (exact) mass is 379 g/mol. The zero-order valence-corrected chi connectivity index (χ0v) is 15.6. The van der Waals surface area contributed by atoms with Crippen molar-refractivity contribution in [3.8, 4) is 17.1 Å². The number of nitrogens with one attached hydrogen (secondary N) is 1. The average Bonchev–Trinajstić information content (AvgIpc) is 3.36. The zero-order valence-electron chi connectivity index (χ0n) is 15.6. The number of amides is 1. The van der Waals surface area contributed by atoms with E-state index in [2.05, 4.69) is 15.5 Å². The molecule has 0 unspecified atom stereocenters. The van der Waals surface area contributed by atoms with Crippen molar-refractivity contribution in [3.63, 3.8) is 0 Å². The summed E-state index contributed by atoms with van der Waals surface area (Å²) in [5, 5.41) is 11.3. The molecule has 0 radical (unpaired) electrons. The maximum Gasteiger partial charge on any atom is 0.256 e. The van der Waals surface area contributed by atoms with E-state index >= 15 is 0 Å². The second-order valence-corrected chi connectivity index (χ2v) is 6.47. The van der Waals surface area contributed by atoms with Gasteiger partial charge < -0.3 is 9.73 Å². The van der Waals surface area contributed by atoms with E-state index in [9.17, 15) is 9.18 Å². The van der Waals surface area contributed by atoms with E-state index in [1.165, 1.54) is 15.4 Å². The highest BCUT2D eigenvalue weighted by Gasteiger charge is 2.16. The predicted molar refractivity (Wildman–Crippen MR) is 102 cm³/mol. The number of carbonyl (C=O) groups is 1. The largest absolute Gasteiger partial charge is 0.463 e. The Balaban J connectivity index is 1.58. The fourth-order valence-corrected chi connectivity index (χ4v) is 3.01. The third-order valence-electron chi connectivity index (χ3n) is 4.34. The van der Waals surface area contributed by atoms with Crippen molar-refractivity contribution in [2.75, 3.05) is 5.32 Å². The molecule has 0 spiro atoms. The molecule has 1 aromatic carbocycles. The number of halogens is 1. The smallest absolute Gasteiger partial charge is 0.256 e. The molecular formula is C20H18FN5O2. The number of carbonyl (C=O) groups excluding carboxylic acids is 1. The first kappa shape index (κ1) is 17.7. The molecule has 28 heavy (non-hydrogen) atoms. The van der Waals surface area contributed by atoms with Crippen molar-refractivity contribution in [3.05, 3.63) is 71.5 Å². The molecule has 4 rings (SSSR count). The lowest BCUT2D eigenvalue weighted by atomic mass is 10.2. The Bertz CT molecular complexity index is 1160. The van der Waals surface area contributed by atoms with Crippen molar-refractivity contribution >= 4 is 11.7 Å². The summed E-state index contributed by atoms with van der Waals surface area (Å²) >= 11 is 0. The first-order chi connectivity index (χ1) is 13.4. The summed E-state index contributed by atoms with van der Waals surface area (Å²) in [6, 6.07) is 11.4. The molecule has 4 aromatic rings. The van der Waals surface area contributed by atoms with E-state index in [-0.39, 0.29) is 5.56 Å². The molecule has 0 fully saturated rings. The minimum Gasteiger partial charge on any atom is -0.463 e. The van der Waals surface area contributed by atoms with Crippen LogP contribution in [0.3, 0.4) is 0 Å². The SMILES string of the molecule is Cc1cc(C)n(-c2ccc(C(=O)Nc3cc(-c4ccco4)nn3C)cc2F)n1. The van der Waals surface area contributed by atoms with E-state index in [1.54, 1.807) is 43.6 Å². The Morgan fingerprint density at radius 2 is 1.96 bits per heavy atom. The molecule has 0 aliphatic rings. The van der Waals surface area contributed by atoms with Crippen molar-refractivity contribution in [1.82, 2.24) is 19.6 Å². The van der Waals surface area contributed by atoms with Gasteiger partial charge in [0.15, 0.2) is 5.76 Å².